The summed E-state index contributed by atoms with van der Waals surface area (Å²) in [6.07, 6.45) is 1.24. The fraction of sp³-hybridized carbons (Fsp3) is 0.409. The summed E-state index contributed by atoms with van der Waals surface area (Å²) in [7, 11) is 0. The monoisotopic (exact) mass is 339 g/mol. The molecule has 2 aromatic carbocycles. The molecule has 0 spiro atoms. The second-order valence-corrected chi connectivity index (χ2v) is 6.95. The van der Waals surface area contributed by atoms with Gasteiger partial charge >= 0.3 is 0 Å². The molecule has 3 nitrogen and oxygen atoms in total. The van der Waals surface area contributed by atoms with Gasteiger partial charge in [0, 0.05) is 25.5 Å². The molecule has 2 rings (SSSR count). The van der Waals surface area contributed by atoms with Crippen LogP contribution >= 0.6 is 0 Å². The summed E-state index contributed by atoms with van der Waals surface area (Å²) in [6.45, 7) is 6.81. The molecule has 0 heterocycles. The van der Waals surface area contributed by atoms with Crippen molar-refractivity contribution in [1.82, 2.24) is 5.32 Å². The highest BCUT2D eigenvalue weighted by Gasteiger charge is 2.15. The van der Waals surface area contributed by atoms with E-state index in [1.165, 1.54) is 22.3 Å². The largest absolute Gasteiger partial charge is 0.396 e. The SMILES string of the molecule is Cc1ccccc1CC(CO)CNC(=O)CC(C)c1ccccc1C. The maximum Gasteiger partial charge on any atom is 0.220 e. The molecule has 134 valence electrons. The van der Waals surface area contributed by atoms with Crippen LogP contribution in [0.25, 0.3) is 0 Å². The Morgan fingerprint density at radius 1 is 1.04 bits per heavy atom. The van der Waals surface area contributed by atoms with Crippen molar-refractivity contribution in [3.63, 3.8) is 0 Å². The molecule has 0 aromatic heterocycles. The normalized spacial score (nSPS) is 13.3. The molecule has 2 atom stereocenters. The number of benzene rings is 2. The maximum atomic E-state index is 12.3. The summed E-state index contributed by atoms with van der Waals surface area (Å²) in [6, 6.07) is 16.4. The van der Waals surface area contributed by atoms with Gasteiger partial charge in [0.15, 0.2) is 0 Å². The number of nitrogens with one attached hydrogen (secondary N) is 1. The number of hydrogen-bond donors (Lipinski definition) is 2. The molecule has 0 aliphatic heterocycles. The first-order valence-electron chi connectivity index (χ1n) is 8.98. The number of aliphatic hydroxyl groups excluding tert-OH is 1. The molecule has 25 heavy (non-hydrogen) atoms. The first-order chi connectivity index (χ1) is 12.0. The van der Waals surface area contributed by atoms with E-state index in [0.717, 1.165) is 6.42 Å². The summed E-state index contributed by atoms with van der Waals surface area (Å²) in [5, 5.41) is 12.6. The quantitative estimate of drug-likeness (QED) is 0.769. The molecular weight excluding hydrogens is 310 g/mol. The van der Waals surface area contributed by atoms with Crippen molar-refractivity contribution in [3.8, 4) is 0 Å². The Labute approximate surface area is 151 Å². The van der Waals surface area contributed by atoms with Crippen molar-refractivity contribution in [2.24, 2.45) is 5.92 Å². The zero-order chi connectivity index (χ0) is 18.2. The van der Waals surface area contributed by atoms with E-state index in [1.807, 2.05) is 24.3 Å². The van der Waals surface area contributed by atoms with Gasteiger partial charge in [0.2, 0.25) is 5.91 Å². The van der Waals surface area contributed by atoms with E-state index in [1.54, 1.807) is 0 Å². The van der Waals surface area contributed by atoms with Gasteiger partial charge in [-0.05, 0) is 48.4 Å². The number of aliphatic hydroxyl groups is 1. The van der Waals surface area contributed by atoms with Gasteiger partial charge in [-0.1, -0.05) is 55.5 Å². The molecule has 0 saturated carbocycles. The highest BCUT2D eigenvalue weighted by molar-refractivity contribution is 5.76. The van der Waals surface area contributed by atoms with Crippen LogP contribution in [0.1, 0.15) is 41.5 Å². The lowest BCUT2D eigenvalue weighted by Gasteiger charge is -2.18. The van der Waals surface area contributed by atoms with Crippen LogP contribution in [0.3, 0.4) is 0 Å². The van der Waals surface area contributed by atoms with Gasteiger partial charge in [0.25, 0.3) is 0 Å². The lowest BCUT2D eigenvalue weighted by atomic mass is 9.93. The number of carbonyl (C=O) groups excluding carboxylic acids is 1. The molecule has 2 N–H and O–H groups in total. The molecule has 0 bridgehead atoms. The topological polar surface area (TPSA) is 49.3 Å². The summed E-state index contributed by atoms with van der Waals surface area (Å²) >= 11 is 0. The molecule has 2 aromatic rings. The second kappa shape index (κ2) is 9.38. The van der Waals surface area contributed by atoms with Gasteiger partial charge in [0.1, 0.15) is 0 Å². The van der Waals surface area contributed by atoms with Crippen LogP contribution in [0, 0.1) is 19.8 Å². The summed E-state index contributed by atoms with van der Waals surface area (Å²) < 4.78 is 0. The molecule has 0 fully saturated rings. The first-order valence-corrected chi connectivity index (χ1v) is 8.98. The zero-order valence-corrected chi connectivity index (χ0v) is 15.5. The fourth-order valence-electron chi connectivity index (χ4n) is 3.21. The highest BCUT2D eigenvalue weighted by atomic mass is 16.3. The van der Waals surface area contributed by atoms with Gasteiger partial charge in [-0.25, -0.2) is 0 Å². The molecule has 2 unspecified atom stereocenters. The minimum atomic E-state index is 0.0406. The lowest BCUT2D eigenvalue weighted by molar-refractivity contribution is -0.121. The van der Waals surface area contributed by atoms with Gasteiger partial charge in [0.05, 0.1) is 0 Å². The van der Waals surface area contributed by atoms with E-state index in [9.17, 15) is 9.90 Å². The van der Waals surface area contributed by atoms with E-state index in [4.69, 9.17) is 0 Å². The van der Waals surface area contributed by atoms with Crippen molar-refractivity contribution in [2.45, 2.75) is 39.5 Å². The van der Waals surface area contributed by atoms with E-state index < -0.39 is 0 Å². The smallest absolute Gasteiger partial charge is 0.220 e. The average molecular weight is 339 g/mol. The van der Waals surface area contributed by atoms with Crippen molar-refractivity contribution < 1.29 is 9.90 Å². The third kappa shape index (κ3) is 5.71. The second-order valence-electron chi connectivity index (χ2n) is 6.95. The standard InChI is InChI=1S/C22H29NO2/c1-16-8-4-6-10-20(16)13-19(15-24)14-23-22(25)12-18(3)21-11-7-5-9-17(21)2/h4-11,18-19,24H,12-15H2,1-3H3,(H,23,25). The Morgan fingerprint density at radius 3 is 2.32 bits per heavy atom. The predicted molar refractivity (Wildman–Crippen MR) is 103 cm³/mol. The van der Waals surface area contributed by atoms with E-state index >= 15 is 0 Å². The number of carbonyl (C=O) groups is 1. The summed E-state index contributed by atoms with van der Waals surface area (Å²) in [5.74, 6) is 0.267. The van der Waals surface area contributed by atoms with Crippen LogP contribution < -0.4 is 5.32 Å². The minimum Gasteiger partial charge on any atom is -0.396 e. The predicted octanol–water partition coefficient (Wildman–Crippen LogP) is 3.76. The Balaban J connectivity index is 1.85. The minimum absolute atomic E-state index is 0.0406. The van der Waals surface area contributed by atoms with Crippen molar-refractivity contribution in [1.29, 1.82) is 0 Å². The maximum absolute atomic E-state index is 12.3. The van der Waals surface area contributed by atoms with E-state index in [-0.39, 0.29) is 24.3 Å². The Hall–Kier alpha value is -2.13. The van der Waals surface area contributed by atoms with Crippen LogP contribution in [0.5, 0.6) is 0 Å². The van der Waals surface area contributed by atoms with Gasteiger partial charge in [-0.15, -0.1) is 0 Å². The fourth-order valence-corrected chi connectivity index (χ4v) is 3.21. The molecule has 3 heteroatoms. The Bertz CT molecular complexity index is 696. The summed E-state index contributed by atoms with van der Waals surface area (Å²) in [4.78, 5) is 12.3. The zero-order valence-electron chi connectivity index (χ0n) is 15.5. The number of amides is 1. The van der Waals surface area contributed by atoms with Crippen LogP contribution in [-0.2, 0) is 11.2 Å². The third-order valence-corrected chi connectivity index (χ3v) is 4.83. The molecule has 1 amide bonds. The van der Waals surface area contributed by atoms with Crippen LogP contribution in [0.2, 0.25) is 0 Å². The number of aryl methyl sites for hydroxylation is 2. The first kappa shape index (κ1) is 19.2. The third-order valence-electron chi connectivity index (χ3n) is 4.83. The average Bonchev–Trinajstić information content (AvgIpc) is 2.60. The van der Waals surface area contributed by atoms with Gasteiger partial charge in [-0.3, -0.25) is 4.79 Å². The van der Waals surface area contributed by atoms with Crippen molar-refractivity contribution in [2.75, 3.05) is 13.2 Å². The number of rotatable bonds is 8. The molecule has 0 saturated heterocycles. The van der Waals surface area contributed by atoms with Crippen molar-refractivity contribution >= 4 is 5.91 Å². The highest BCUT2D eigenvalue weighted by Crippen LogP contribution is 2.22. The van der Waals surface area contributed by atoms with Crippen LogP contribution in [0.15, 0.2) is 48.5 Å². The molecule has 0 radical (unpaired) electrons. The van der Waals surface area contributed by atoms with Crippen LogP contribution in [-0.4, -0.2) is 24.2 Å². The van der Waals surface area contributed by atoms with Crippen molar-refractivity contribution in [3.05, 3.63) is 70.8 Å². The van der Waals surface area contributed by atoms with Gasteiger partial charge < -0.3 is 10.4 Å². The molecular formula is C22H29NO2. The molecule has 0 aliphatic carbocycles. The van der Waals surface area contributed by atoms with E-state index in [0.29, 0.717) is 13.0 Å². The Morgan fingerprint density at radius 2 is 1.68 bits per heavy atom. The lowest BCUT2D eigenvalue weighted by Crippen LogP contribution is -2.32. The van der Waals surface area contributed by atoms with E-state index in [2.05, 4.69) is 50.4 Å². The molecule has 0 aliphatic rings. The Kier molecular flexibility index (Phi) is 7.20. The number of hydrogen-bond acceptors (Lipinski definition) is 2. The van der Waals surface area contributed by atoms with Gasteiger partial charge in [-0.2, -0.15) is 0 Å². The summed E-state index contributed by atoms with van der Waals surface area (Å²) in [5.41, 5.74) is 4.89. The van der Waals surface area contributed by atoms with Crippen LogP contribution in [0.4, 0.5) is 0 Å².